The number of carbonyl (C=O) groups excluding carboxylic acids is 2. The van der Waals surface area contributed by atoms with Crippen LogP contribution < -0.4 is 0 Å². The summed E-state index contributed by atoms with van der Waals surface area (Å²) in [6.45, 7) is 1.58. The van der Waals surface area contributed by atoms with Crippen molar-refractivity contribution >= 4 is 11.9 Å². The summed E-state index contributed by atoms with van der Waals surface area (Å²) in [5.41, 5.74) is 0. The summed E-state index contributed by atoms with van der Waals surface area (Å²) in [5, 5.41) is 0. The molecule has 0 aromatic carbocycles. The molecule has 1 rings (SSSR count). The highest BCUT2D eigenvalue weighted by Gasteiger charge is 2.23. The molecule has 0 radical (unpaired) electrons. The Morgan fingerprint density at radius 3 is 2.85 bits per heavy atom. The van der Waals surface area contributed by atoms with Gasteiger partial charge in [-0.05, 0) is 19.1 Å². The first-order valence-corrected chi connectivity index (χ1v) is 3.75. The fourth-order valence-corrected chi connectivity index (χ4v) is 0.833. The summed E-state index contributed by atoms with van der Waals surface area (Å²) in [6.07, 6.45) is 0.428. The van der Waals surface area contributed by atoms with Gasteiger partial charge in [-0.25, -0.2) is 4.79 Å². The molecule has 13 heavy (non-hydrogen) atoms. The minimum Gasteiger partial charge on any atom is -0.438 e. The highest BCUT2D eigenvalue weighted by Crippen LogP contribution is 2.10. The Morgan fingerprint density at radius 2 is 2.31 bits per heavy atom. The third-order valence-electron chi connectivity index (χ3n) is 1.54. The minimum atomic E-state index is -0.837. The lowest BCUT2D eigenvalue weighted by Gasteiger charge is -2.21. The number of rotatable bonds is 1. The molecule has 5 nitrogen and oxygen atoms in total. The maximum atomic E-state index is 10.9. The van der Waals surface area contributed by atoms with Crippen molar-refractivity contribution in [1.82, 2.24) is 0 Å². The maximum Gasteiger partial charge on any atom is 0.510 e. The van der Waals surface area contributed by atoms with E-state index in [1.165, 1.54) is 19.3 Å². The van der Waals surface area contributed by atoms with Crippen LogP contribution in [0.2, 0.25) is 0 Å². The lowest BCUT2D eigenvalue weighted by atomic mass is 10.2. The van der Waals surface area contributed by atoms with Crippen LogP contribution in [0.5, 0.6) is 0 Å². The smallest absolute Gasteiger partial charge is 0.438 e. The van der Waals surface area contributed by atoms with Crippen molar-refractivity contribution in [3.8, 4) is 0 Å². The van der Waals surface area contributed by atoms with Crippen LogP contribution in [-0.2, 0) is 19.0 Å². The van der Waals surface area contributed by atoms with Gasteiger partial charge >= 0.3 is 6.16 Å². The van der Waals surface area contributed by atoms with Gasteiger partial charge in [0.1, 0.15) is 6.10 Å². The van der Waals surface area contributed by atoms with Crippen molar-refractivity contribution in [3.63, 3.8) is 0 Å². The molecule has 2 unspecified atom stereocenters. The predicted molar refractivity (Wildman–Crippen MR) is 42.0 cm³/mol. The van der Waals surface area contributed by atoms with Crippen molar-refractivity contribution in [1.29, 1.82) is 0 Å². The second-order valence-corrected chi connectivity index (χ2v) is 2.48. The highest BCUT2D eigenvalue weighted by atomic mass is 16.8. The van der Waals surface area contributed by atoms with E-state index in [0.29, 0.717) is 0 Å². The zero-order chi connectivity index (χ0) is 9.84. The van der Waals surface area contributed by atoms with E-state index in [-0.39, 0.29) is 5.78 Å². The molecule has 0 bridgehead atoms. The zero-order valence-electron chi connectivity index (χ0n) is 7.35. The molecule has 0 aromatic rings. The van der Waals surface area contributed by atoms with Gasteiger partial charge in [0.25, 0.3) is 0 Å². The number of carbonyl (C=O) groups is 2. The second kappa shape index (κ2) is 4.04. The van der Waals surface area contributed by atoms with E-state index in [9.17, 15) is 9.59 Å². The van der Waals surface area contributed by atoms with Crippen molar-refractivity contribution in [2.75, 3.05) is 7.11 Å². The first kappa shape index (κ1) is 9.73. The van der Waals surface area contributed by atoms with Crippen LogP contribution in [0.25, 0.3) is 0 Å². The van der Waals surface area contributed by atoms with Gasteiger partial charge in [-0.15, -0.1) is 0 Å². The predicted octanol–water partition coefficient (Wildman–Crippen LogP) is 0.639. The number of ketones is 1. The summed E-state index contributed by atoms with van der Waals surface area (Å²) in [5.74, 6) is -0.148. The van der Waals surface area contributed by atoms with Crippen molar-refractivity contribution < 1.29 is 23.8 Å². The molecule has 0 amide bonds. The molecular formula is C8H10O5. The lowest BCUT2D eigenvalue weighted by molar-refractivity contribution is -0.149. The third-order valence-corrected chi connectivity index (χ3v) is 1.54. The number of methoxy groups -OCH3 is 1. The maximum absolute atomic E-state index is 10.9. The Labute approximate surface area is 75.3 Å². The van der Waals surface area contributed by atoms with Crippen molar-refractivity contribution in [2.24, 2.45) is 0 Å². The topological polar surface area (TPSA) is 61.8 Å². The van der Waals surface area contributed by atoms with Gasteiger partial charge in [-0.3, -0.25) is 4.79 Å². The number of hydrogen-bond donors (Lipinski definition) is 0. The fourth-order valence-electron chi connectivity index (χ4n) is 0.833. The minimum absolute atomic E-state index is 0.148. The van der Waals surface area contributed by atoms with Crippen LogP contribution in [-0.4, -0.2) is 31.4 Å². The molecule has 0 fully saturated rings. The average molecular weight is 186 g/mol. The Hall–Kier alpha value is -1.36. The molecular weight excluding hydrogens is 176 g/mol. The van der Waals surface area contributed by atoms with Crippen LogP contribution in [0, 0.1) is 0 Å². The molecule has 0 spiro atoms. The largest absolute Gasteiger partial charge is 0.510 e. The van der Waals surface area contributed by atoms with E-state index in [1.807, 2.05) is 0 Å². The van der Waals surface area contributed by atoms with Crippen molar-refractivity contribution in [3.05, 3.63) is 12.2 Å². The summed E-state index contributed by atoms with van der Waals surface area (Å²) >= 11 is 0. The highest BCUT2D eigenvalue weighted by molar-refractivity contribution is 5.93. The van der Waals surface area contributed by atoms with Crippen LogP contribution in [0.1, 0.15) is 6.92 Å². The molecule has 1 aliphatic heterocycles. The van der Waals surface area contributed by atoms with Gasteiger partial charge < -0.3 is 14.2 Å². The van der Waals surface area contributed by atoms with Gasteiger partial charge in [0, 0.05) is 0 Å². The SMILES string of the molecule is COC(=O)OC1C=CC(=O)C(C)O1. The van der Waals surface area contributed by atoms with Crippen LogP contribution in [0.15, 0.2) is 12.2 Å². The summed E-state index contributed by atoms with van der Waals surface area (Å²) < 4.78 is 13.9. The molecule has 2 atom stereocenters. The first-order chi connectivity index (χ1) is 6.13. The zero-order valence-corrected chi connectivity index (χ0v) is 7.35. The summed E-state index contributed by atoms with van der Waals surface area (Å²) in [4.78, 5) is 21.5. The Bertz CT molecular complexity index is 245. The molecule has 72 valence electrons. The molecule has 0 saturated carbocycles. The molecule has 5 heteroatoms. The van der Waals surface area contributed by atoms with E-state index in [2.05, 4.69) is 9.47 Å². The van der Waals surface area contributed by atoms with E-state index in [1.54, 1.807) is 6.92 Å². The van der Waals surface area contributed by atoms with Gasteiger partial charge in [-0.2, -0.15) is 0 Å². The standard InChI is InChI=1S/C8H10O5/c1-5-6(9)3-4-7(12-5)13-8(10)11-2/h3-5,7H,1-2H3. The normalized spacial score (nSPS) is 27.1. The van der Waals surface area contributed by atoms with Crippen molar-refractivity contribution in [2.45, 2.75) is 19.3 Å². The van der Waals surface area contributed by atoms with Gasteiger partial charge in [0.05, 0.1) is 7.11 Å². The molecule has 0 aliphatic carbocycles. The summed E-state index contributed by atoms with van der Waals surface area (Å²) in [7, 11) is 1.20. The van der Waals surface area contributed by atoms with E-state index in [4.69, 9.17) is 4.74 Å². The first-order valence-electron chi connectivity index (χ1n) is 3.75. The molecule has 0 saturated heterocycles. The average Bonchev–Trinajstić information content (AvgIpc) is 2.11. The Balaban J connectivity index is 2.50. The van der Waals surface area contributed by atoms with Crippen LogP contribution in [0.3, 0.4) is 0 Å². The second-order valence-electron chi connectivity index (χ2n) is 2.48. The third kappa shape index (κ3) is 2.55. The molecule has 1 aliphatic rings. The number of ether oxygens (including phenoxy) is 3. The monoisotopic (exact) mass is 186 g/mol. The molecule has 0 aromatic heterocycles. The fraction of sp³-hybridized carbons (Fsp3) is 0.500. The number of hydrogen-bond acceptors (Lipinski definition) is 5. The lowest BCUT2D eigenvalue weighted by Crippen LogP contribution is -2.32. The van der Waals surface area contributed by atoms with E-state index < -0.39 is 18.5 Å². The van der Waals surface area contributed by atoms with Crippen LogP contribution >= 0.6 is 0 Å². The van der Waals surface area contributed by atoms with E-state index >= 15 is 0 Å². The Kier molecular flexibility index (Phi) is 3.02. The molecule has 0 N–H and O–H groups in total. The summed E-state index contributed by atoms with van der Waals surface area (Å²) in [6, 6.07) is 0. The van der Waals surface area contributed by atoms with Gasteiger partial charge in [-0.1, -0.05) is 0 Å². The Morgan fingerprint density at radius 1 is 1.62 bits per heavy atom. The van der Waals surface area contributed by atoms with Crippen LogP contribution in [0.4, 0.5) is 4.79 Å². The molecule has 1 heterocycles. The quantitative estimate of drug-likeness (QED) is 0.562. The van der Waals surface area contributed by atoms with E-state index in [0.717, 1.165) is 0 Å². The van der Waals surface area contributed by atoms with Gasteiger partial charge in [0.2, 0.25) is 6.29 Å². The van der Waals surface area contributed by atoms with Gasteiger partial charge in [0.15, 0.2) is 5.78 Å².